The monoisotopic (exact) mass is 279 g/mol. The number of hydrogen-bond donors (Lipinski definition) is 1. The topological polar surface area (TPSA) is 51.0 Å². The molecule has 1 aromatic carbocycles. The quantitative estimate of drug-likeness (QED) is 0.794. The molecule has 1 aliphatic heterocycles. The summed E-state index contributed by atoms with van der Waals surface area (Å²) in [5.74, 6) is 1.61. The Kier molecular flexibility index (Phi) is 6.11. The highest BCUT2D eigenvalue weighted by molar-refractivity contribution is 5.39. The van der Waals surface area contributed by atoms with Crippen LogP contribution < -0.4 is 15.2 Å². The summed E-state index contributed by atoms with van der Waals surface area (Å²) in [6.45, 7) is 7.79. The zero-order valence-corrected chi connectivity index (χ0v) is 12.3. The summed E-state index contributed by atoms with van der Waals surface area (Å²) < 4.78 is 11.1. The van der Waals surface area contributed by atoms with Gasteiger partial charge in [0.05, 0.1) is 7.11 Å². The second-order valence-corrected chi connectivity index (χ2v) is 4.97. The fraction of sp³-hybridized carbons (Fsp3) is 0.600. The summed E-state index contributed by atoms with van der Waals surface area (Å²) >= 11 is 0. The molecule has 112 valence electrons. The molecule has 1 fully saturated rings. The Morgan fingerprint density at radius 1 is 1.00 bits per heavy atom. The number of piperazine rings is 1. The van der Waals surface area contributed by atoms with Crippen molar-refractivity contribution in [3.8, 4) is 11.5 Å². The van der Waals surface area contributed by atoms with Crippen molar-refractivity contribution in [3.63, 3.8) is 0 Å². The SMILES string of the molecule is COc1ccccc1OCCN1CCN(CCN)CC1. The van der Waals surface area contributed by atoms with Gasteiger partial charge in [0.15, 0.2) is 11.5 Å². The van der Waals surface area contributed by atoms with Gasteiger partial charge in [-0.1, -0.05) is 12.1 Å². The summed E-state index contributed by atoms with van der Waals surface area (Å²) in [5, 5.41) is 0. The average molecular weight is 279 g/mol. The number of para-hydroxylation sites is 2. The van der Waals surface area contributed by atoms with Crippen LogP contribution in [0.15, 0.2) is 24.3 Å². The van der Waals surface area contributed by atoms with Crippen molar-refractivity contribution in [3.05, 3.63) is 24.3 Å². The third-order valence-corrected chi connectivity index (χ3v) is 3.64. The first-order valence-corrected chi connectivity index (χ1v) is 7.24. The van der Waals surface area contributed by atoms with Crippen LogP contribution in [0.25, 0.3) is 0 Å². The smallest absolute Gasteiger partial charge is 0.161 e. The average Bonchev–Trinajstić information content (AvgIpc) is 2.50. The van der Waals surface area contributed by atoms with Crippen molar-refractivity contribution in [1.29, 1.82) is 0 Å². The van der Waals surface area contributed by atoms with Gasteiger partial charge in [0, 0.05) is 45.8 Å². The molecule has 0 unspecified atom stereocenters. The number of hydrogen-bond acceptors (Lipinski definition) is 5. The first-order chi connectivity index (χ1) is 9.83. The van der Waals surface area contributed by atoms with E-state index in [1.807, 2.05) is 24.3 Å². The van der Waals surface area contributed by atoms with Crippen LogP contribution in [0.5, 0.6) is 11.5 Å². The Hall–Kier alpha value is -1.30. The van der Waals surface area contributed by atoms with Crippen LogP contribution in [0.2, 0.25) is 0 Å². The van der Waals surface area contributed by atoms with Crippen LogP contribution in [-0.2, 0) is 0 Å². The van der Waals surface area contributed by atoms with Crippen LogP contribution in [0.3, 0.4) is 0 Å². The molecule has 5 heteroatoms. The van der Waals surface area contributed by atoms with Gasteiger partial charge in [0.25, 0.3) is 0 Å². The summed E-state index contributed by atoms with van der Waals surface area (Å²) in [6, 6.07) is 7.77. The highest BCUT2D eigenvalue weighted by Crippen LogP contribution is 2.25. The van der Waals surface area contributed by atoms with Crippen LogP contribution in [0.4, 0.5) is 0 Å². The van der Waals surface area contributed by atoms with Gasteiger partial charge in [-0.3, -0.25) is 9.80 Å². The molecule has 1 saturated heterocycles. The van der Waals surface area contributed by atoms with E-state index in [1.54, 1.807) is 7.11 Å². The summed E-state index contributed by atoms with van der Waals surface area (Å²) in [5.41, 5.74) is 5.58. The van der Waals surface area contributed by atoms with Gasteiger partial charge in [-0.2, -0.15) is 0 Å². The van der Waals surface area contributed by atoms with Gasteiger partial charge in [-0.25, -0.2) is 0 Å². The van der Waals surface area contributed by atoms with Crippen molar-refractivity contribution in [1.82, 2.24) is 9.80 Å². The second-order valence-electron chi connectivity index (χ2n) is 4.97. The van der Waals surface area contributed by atoms with E-state index in [4.69, 9.17) is 15.2 Å². The fourth-order valence-corrected chi connectivity index (χ4v) is 2.44. The largest absolute Gasteiger partial charge is 0.493 e. The highest BCUT2D eigenvalue weighted by atomic mass is 16.5. The van der Waals surface area contributed by atoms with Gasteiger partial charge >= 0.3 is 0 Å². The van der Waals surface area contributed by atoms with E-state index < -0.39 is 0 Å². The van der Waals surface area contributed by atoms with Gasteiger partial charge in [0.1, 0.15) is 6.61 Å². The number of benzene rings is 1. The molecule has 2 N–H and O–H groups in total. The van der Waals surface area contributed by atoms with Gasteiger partial charge in [0.2, 0.25) is 0 Å². The molecular weight excluding hydrogens is 254 g/mol. The van der Waals surface area contributed by atoms with E-state index in [2.05, 4.69) is 9.80 Å². The Morgan fingerprint density at radius 2 is 1.60 bits per heavy atom. The summed E-state index contributed by atoms with van der Waals surface area (Å²) in [4.78, 5) is 4.85. The van der Waals surface area contributed by atoms with Gasteiger partial charge < -0.3 is 15.2 Å². The van der Waals surface area contributed by atoms with E-state index in [-0.39, 0.29) is 0 Å². The molecular formula is C15H25N3O2. The number of ether oxygens (including phenoxy) is 2. The summed E-state index contributed by atoms with van der Waals surface area (Å²) in [7, 11) is 1.67. The molecule has 0 radical (unpaired) electrons. The fourth-order valence-electron chi connectivity index (χ4n) is 2.44. The third kappa shape index (κ3) is 4.37. The molecule has 1 heterocycles. The molecule has 0 bridgehead atoms. The standard InChI is InChI=1S/C15H25N3O2/c1-19-14-4-2-3-5-15(14)20-13-12-18-10-8-17(7-6-16)9-11-18/h2-5H,6-13,16H2,1H3. The number of nitrogens with two attached hydrogens (primary N) is 1. The minimum Gasteiger partial charge on any atom is -0.493 e. The Labute approximate surface area is 121 Å². The molecule has 0 atom stereocenters. The molecule has 0 aromatic heterocycles. The Balaban J connectivity index is 1.69. The van der Waals surface area contributed by atoms with E-state index in [0.29, 0.717) is 6.61 Å². The lowest BCUT2D eigenvalue weighted by atomic mass is 10.3. The van der Waals surface area contributed by atoms with Gasteiger partial charge in [-0.05, 0) is 12.1 Å². The highest BCUT2D eigenvalue weighted by Gasteiger charge is 2.15. The van der Waals surface area contributed by atoms with Crippen molar-refractivity contribution in [2.24, 2.45) is 5.73 Å². The predicted octanol–water partition coefficient (Wildman–Crippen LogP) is 0.650. The molecule has 0 spiro atoms. The van der Waals surface area contributed by atoms with Crippen LogP contribution in [0, 0.1) is 0 Å². The molecule has 0 saturated carbocycles. The Morgan fingerprint density at radius 3 is 2.20 bits per heavy atom. The van der Waals surface area contributed by atoms with E-state index >= 15 is 0 Å². The first-order valence-electron chi connectivity index (χ1n) is 7.24. The zero-order valence-electron chi connectivity index (χ0n) is 12.3. The van der Waals surface area contributed by atoms with E-state index in [1.165, 1.54) is 0 Å². The van der Waals surface area contributed by atoms with Crippen molar-refractivity contribution >= 4 is 0 Å². The lowest BCUT2D eigenvalue weighted by molar-refractivity contribution is 0.118. The predicted molar refractivity (Wildman–Crippen MR) is 80.4 cm³/mol. The van der Waals surface area contributed by atoms with Crippen LogP contribution >= 0.6 is 0 Å². The number of nitrogens with zero attached hydrogens (tertiary/aromatic N) is 2. The maximum atomic E-state index is 5.80. The lowest BCUT2D eigenvalue weighted by Gasteiger charge is -2.34. The maximum absolute atomic E-state index is 5.80. The Bertz CT molecular complexity index is 392. The molecule has 2 rings (SSSR count). The number of methoxy groups -OCH3 is 1. The van der Waals surface area contributed by atoms with Crippen molar-refractivity contribution in [2.45, 2.75) is 0 Å². The molecule has 0 amide bonds. The number of rotatable bonds is 7. The molecule has 1 aliphatic rings. The third-order valence-electron chi connectivity index (χ3n) is 3.64. The van der Waals surface area contributed by atoms with E-state index in [0.717, 1.165) is 57.3 Å². The van der Waals surface area contributed by atoms with Crippen molar-refractivity contribution in [2.75, 3.05) is 59.5 Å². The van der Waals surface area contributed by atoms with Crippen molar-refractivity contribution < 1.29 is 9.47 Å². The minimum absolute atomic E-state index is 0.692. The minimum atomic E-state index is 0.692. The summed E-state index contributed by atoms with van der Waals surface area (Å²) in [6.07, 6.45) is 0. The maximum Gasteiger partial charge on any atom is 0.161 e. The lowest BCUT2D eigenvalue weighted by Crippen LogP contribution is -2.48. The van der Waals surface area contributed by atoms with E-state index in [9.17, 15) is 0 Å². The molecule has 20 heavy (non-hydrogen) atoms. The van der Waals surface area contributed by atoms with Crippen LogP contribution in [-0.4, -0.2) is 69.3 Å². The normalized spacial score (nSPS) is 17.1. The second kappa shape index (κ2) is 8.09. The molecule has 5 nitrogen and oxygen atoms in total. The molecule has 0 aliphatic carbocycles. The van der Waals surface area contributed by atoms with Crippen LogP contribution in [0.1, 0.15) is 0 Å². The first kappa shape index (κ1) is 15.1. The van der Waals surface area contributed by atoms with Gasteiger partial charge in [-0.15, -0.1) is 0 Å². The zero-order chi connectivity index (χ0) is 14.2. The molecule has 1 aromatic rings.